The molecule has 2 heterocycles. The van der Waals surface area contributed by atoms with Crippen molar-refractivity contribution in [3.05, 3.63) is 67.1 Å². The van der Waals surface area contributed by atoms with Gasteiger partial charge in [0, 0.05) is 17.4 Å². The van der Waals surface area contributed by atoms with Crippen molar-refractivity contribution in [3.63, 3.8) is 0 Å². The number of amides is 2. The summed E-state index contributed by atoms with van der Waals surface area (Å²) in [6.07, 6.45) is 3.25. The maximum Gasteiger partial charge on any atom is 0.324 e. The van der Waals surface area contributed by atoms with Crippen LogP contribution in [0.3, 0.4) is 0 Å². The van der Waals surface area contributed by atoms with Crippen LogP contribution in [0, 0.1) is 0 Å². The molecule has 0 atom stereocenters. The van der Waals surface area contributed by atoms with Crippen molar-refractivity contribution in [3.8, 4) is 16.9 Å². The van der Waals surface area contributed by atoms with Crippen molar-refractivity contribution in [2.24, 2.45) is 0 Å². The predicted octanol–water partition coefficient (Wildman–Crippen LogP) is 4.28. The molecule has 3 N–H and O–H groups in total. The summed E-state index contributed by atoms with van der Waals surface area (Å²) in [4.78, 5) is 24.0. The van der Waals surface area contributed by atoms with Gasteiger partial charge in [-0.25, -0.2) is 14.8 Å². The molecule has 7 nitrogen and oxygen atoms in total. The van der Waals surface area contributed by atoms with Gasteiger partial charge in [0.25, 0.3) is 0 Å². The average Bonchev–Trinajstić information content (AvgIpc) is 3.14. The number of para-hydroxylation sites is 1. The second kappa shape index (κ2) is 7.17. The molecule has 0 aliphatic carbocycles. The minimum atomic E-state index is -0.376. The monoisotopic (exact) mass is 359 g/mol. The first-order valence-corrected chi connectivity index (χ1v) is 8.34. The highest BCUT2D eigenvalue weighted by Gasteiger charge is 2.15. The van der Waals surface area contributed by atoms with E-state index in [4.69, 9.17) is 4.74 Å². The Balaban J connectivity index is 1.69. The number of carbonyl (C=O) groups excluding carboxylic acids is 1. The van der Waals surface area contributed by atoms with Crippen molar-refractivity contribution in [1.82, 2.24) is 15.0 Å². The molecule has 0 aliphatic rings. The molecule has 7 heteroatoms. The number of fused-ring (bicyclic) bond motifs is 1. The van der Waals surface area contributed by atoms with Crippen LogP contribution in [-0.4, -0.2) is 28.1 Å². The number of rotatable bonds is 4. The number of carbonyl (C=O) groups is 1. The summed E-state index contributed by atoms with van der Waals surface area (Å²) in [5.41, 5.74) is 3.14. The first-order valence-electron chi connectivity index (χ1n) is 8.34. The van der Waals surface area contributed by atoms with Gasteiger partial charge in [-0.2, -0.15) is 0 Å². The number of hydrogen-bond donors (Lipinski definition) is 3. The fourth-order valence-electron chi connectivity index (χ4n) is 2.87. The Morgan fingerprint density at radius 1 is 1.04 bits per heavy atom. The summed E-state index contributed by atoms with van der Waals surface area (Å²) in [6.45, 7) is 0. The molecule has 134 valence electrons. The van der Waals surface area contributed by atoms with Crippen molar-refractivity contribution in [2.75, 3.05) is 17.7 Å². The smallest absolute Gasteiger partial charge is 0.324 e. The van der Waals surface area contributed by atoms with Crippen LogP contribution in [-0.2, 0) is 0 Å². The lowest BCUT2D eigenvalue weighted by Gasteiger charge is -2.09. The van der Waals surface area contributed by atoms with Gasteiger partial charge in [0.1, 0.15) is 23.5 Å². The Labute approximate surface area is 155 Å². The van der Waals surface area contributed by atoms with Crippen LogP contribution < -0.4 is 15.4 Å². The Morgan fingerprint density at radius 2 is 1.89 bits per heavy atom. The van der Waals surface area contributed by atoms with E-state index in [2.05, 4.69) is 25.6 Å². The van der Waals surface area contributed by atoms with E-state index in [1.807, 2.05) is 60.8 Å². The number of nitrogens with one attached hydrogen (secondary N) is 3. The summed E-state index contributed by atoms with van der Waals surface area (Å²) < 4.78 is 5.30. The highest BCUT2D eigenvalue weighted by atomic mass is 16.5. The highest BCUT2D eigenvalue weighted by Crippen LogP contribution is 2.33. The number of benzene rings is 2. The molecular weight excluding hydrogens is 342 g/mol. The number of methoxy groups -OCH3 is 1. The summed E-state index contributed by atoms with van der Waals surface area (Å²) in [5.74, 6) is 1.17. The average molecular weight is 359 g/mol. The van der Waals surface area contributed by atoms with Gasteiger partial charge >= 0.3 is 6.03 Å². The van der Waals surface area contributed by atoms with E-state index in [1.165, 1.54) is 6.33 Å². The molecule has 0 spiro atoms. The first-order chi connectivity index (χ1) is 13.2. The number of aromatic amines is 1. The van der Waals surface area contributed by atoms with Gasteiger partial charge in [-0.1, -0.05) is 30.3 Å². The number of nitrogens with zero attached hydrogens (tertiary/aromatic N) is 2. The van der Waals surface area contributed by atoms with Crippen LogP contribution >= 0.6 is 0 Å². The van der Waals surface area contributed by atoms with Gasteiger partial charge < -0.3 is 15.0 Å². The van der Waals surface area contributed by atoms with Gasteiger partial charge in [0.15, 0.2) is 0 Å². The van der Waals surface area contributed by atoms with Crippen LogP contribution in [0.2, 0.25) is 0 Å². The molecule has 0 bridgehead atoms. The third-order valence-electron chi connectivity index (χ3n) is 4.11. The lowest BCUT2D eigenvalue weighted by atomic mass is 10.1. The molecule has 0 saturated carbocycles. The van der Waals surface area contributed by atoms with Crippen molar-refractivity contribution < 1.29 is 9.53 Å². The molecule has 0 radical (unpaired) electrons. The molecular formula is C20H17N5O2. The van der Waals surface area contributed by atoms with Crippen LogP contribution in [0.4, 0.5) is 16.3 Å². The Kier molecular flexibility index (Phi) is 4.40. The maximum absolute atomic E-state index is 12.4. The molecule has 27 heavy (non-hydrogen) atoms. The number of aromatic nitrogens is 3. The van der Waals surface area contributed by atoms with Crippen molar-refractivity contribution in [2.45, 2.75) is 0 Å². The summed E-state index contributed by atoms with van der Waals surface area (Å²) >= 11 is 0. The molecule has 4 rings (SSSR count). The third kappa shape index (κ3) is 3.43. The number of urea groups is 1. The third-order valence-corrected chi connectivity index (χ3v) is 4.11. The van der Waals surface area contributed by atoms with E-state index in [9.17, 15) is 4.79 Å². The summed E-state index contributed by atoms with van der Waals surface area (Å²) in [6, 6.07) is 16.5. The fourth-order valence-corrected chi connectivity index (χ4v) is 2.87. The zero-order chi connectivity index (χ0) is 18.6. The van der Waals surface area contributed by atoms with Gasteiger partial charge in [-0.05, 0) is 29.8 Å². The topological polar surface area (TPSA) is 91.9 Å². The number of anilines is 2. The molecule has 2 aromatic carbocycles. The summed E-state index contributed by atoms with van der Waals surface area (Å²) in [5, 5.41) is 6.32. The normalized spacial score (nSPS) is 10.6. The Bertz CT molecular complexity index is 1090. The Hall–Kier alpha value is -3.87. The minimum Gasteiger partial charge on any atom is -0.497 e. The largest absolute Gasteiger partial charge is 0.497 e. The number of H-pyrrole nitrogens is 1. The molecule has 4 aromatic rings. The van der Waals surface area contributed by atoms with Gasteiger partial charge in [0.2, 0.25) is 0 Å². The van der Waals surface area contributed by atoms with Gasteiger partial charge in [-0.15, -0.1) is 0 Å². The SMILES string of the molecule is COc1cccc(-c2c[nH]c3ncnc(NC(=O)Nc4ccccc4)c23)c1. The van der Waals surface area contributed by atoms with E-state index in [0.717, 1.165) is 22.3 Å². The van der Waals surface area contributed by atoms with E-state index in [1.54, 1.807) is 7.11 Å². The lowest BCUT2D eigenvalue weighted by Crippen LogP contribution is -2.20. The summed E-state index contributed by atoms with van der Waals surface area (Å²) in [7, 11) is 1.62. The maximum atomic E-state index is 12.4. The lowest BCUT2D eigenvalue weighted by molar-refractivity contribution is 0.262. The van der Waals surface area contributed by atoms with Gasteiger partial charge in [-0.3, -0.25) is 5.32 Å². The van der Waals surface area contributed by atoms with E-state index >= 15 is 0 Å². The van der Waals surface area contributed by atoms with Crippen LogP contribution in [0.1, 0.15) is 0 Å². The number of ether oxygens (including phenoxy) is 1. The first kappa shape index (κ1) is 16.6. The van der Waals surface area contributed by atoms with Crippen molar-refractivity contribution >= 4 is 28.6 Å². The quantitative estimate of drug-likeness (QED) is 0.507. The predicted molar refractivity (Wildman–Crippen MR) is 105 cm³/mol. The molecule has 0 saturated heterocycles. The fraction of sp³-hybridized carbons (Fsp3) is 0.0500. The number of hydrogen-bond acceptors (Lipinski definition) is 4. The second-order valence-electron chi connectivity index (χ2n) is 5.83. The van der Waals surface area contributed by atoms with Crippen LogP contribution in [0.25, 0.3) is 22.2 Å². The van der Waals surface area contributed by atoms with Crippen molar-refractivity contribution in [1.29, 1.82) is 0 Å². The van der Waals surface area contributed by atoms with E-state index in [0.29, 0.717) is 17.2 Å². The highest BCUT2D eigenvalue weighted by molar-refractivity contribution is 6.08. The Morgan fingerprint density at radius 3 is 2.70 bits per heavy atom. The second-order valence-corrected chi connectivity index (χ2v) is 5.83. The molecule has 0 aliphatic heterocycles. The van der Waals surface area contributed by atoms with E-state index < -0.39 is 0 Å². The van der Waals surface area contributed by atoms with Gasteiger partial charge in [0.05, 0.1) is 12.5 Å². The molecule has 0 unspecified atom stereocenters. The standard InChI is InChI=1S/C20H17N5O2/c1-27-15-9-5-6-13(10-15)16-11-21-18-17(16)19(23-12-22-18)25-20(26)24-14-7-3-2-4-8-14/h2-12H,1H3,(H3,21,22,23,24,25,26). The van der Waals surface area contributed by atoms with E-state index in [-0.39, 0.29) is 6.03 Å². The molecule has 0 fully saturated rings. The van der Waals surface area contributed by atoms with Crippen LogP contribution in [0.15, 0.2) is 67.1 Å². The van der Waals surface area contributed by atoms with Crippen LogP contribution in [0.5, 0.6) is 5.75 Å². The zero-order valence-electron chi connectivity index (χ0n) is 14.6. The minimum absolute atomic E-state index is 0.376. The molecule has 2 amide bonds. The molecule has 2 aromatic heterocycles. The zero-order valence-corrected chi connectivity index (χ0v) is 14.6.